The van der Waals surface area contributed by atoms with Crippen LogP contribution >= 0.6 is 0 Å². The number of hydrogen-bond donors (Lipinski definition) is 0. The lowest BCUT2D eigenvalue weighted by Gasteiger charge is -2.35. The Morgan fingerprint density at radius 2 is 0.824 bits per heavy atom. The lowest BCUT2D eigenvalue weighted by molar-refractivity contribution is 0.768. The Hall–Kier alpha value is -6.64. The molecular formula is C49H34N2. The van der Waals surface area contributed by atoms with Gasteiger partial charge in [-0.1, -0.05) is 146 Å². The first kappa shape index (κ1) is 29.3. The Morgan fingerprint density at radius 1 is 0.353 bits per heavy atom. The third kappa shape index (κ3) is 4.43. The smallest absolute Gasteiger partial charge is 0.0714 e. The summed E-state index contributed by atoms with van der Waals surface area (Å²) in [5.41, 5.74) is 14.1. The van der Waals surface area contributed by atoms with Crippen LogP contribution in [0.2, 0.25) is 0 Å². The number of benzene rings is 8. The lowest BCUT2D eigenvalue weighted by Crippen LogP contribution is -2.28. The van der Waals surface area contributed by atoms with Crippen molar-refractivity contribution in [1.29, 1.82) is 0 Å². The molecule has 0 saturated carbocycles. The van der Waals surface area contributed by atoms with Gasteiger partial charge in [0.1, 0.15) is 0 Å². The molecule has 0 atom stereocenters. The minimum Gasteiger partial charge on any atom is -0.310 e. The molecule has 10 rings (SSSR count). The predicted molar refractivity (Wildman–Crippen MR) is 213 cm³/mol. The van der Waals surface area contributed by atoms with Crippen molar-refractivity contribution in [2.45, 2.75) is 5.41 Å². The number of hydrogen-bond acceptors (Lipinski definition) is 1. The zero-order chi connectivity index (χ0) is 33.8. The molecule has 0 N–H and O–H groups in total. The molecule has 2 nitrogen and oxygen atoms in total. The van der Waals surface area contributed by atoms with E-state index in [-0.39, 0.29) is 0 Å². The molecule has 0 amide bonds. The highest BCUT2D eigenvalue weighted by atomic mass is 15.1. The average molecular weight is 651 g/mol. The van der Waals surface area contributed by atoms with Crippen LogP contribution in [0.3, 0.4) is 0 Å². The zero-order valence-electron chi connectivity index (χ0n) is 28.0. The maximum atomic E-state index is 2.43. The van der Waals surface area contributed by atoms with E-state index in [1.807, 2.05) is 0 Å². The van der Waals surface area contributed by atoms with Crippen LogP contribution in [0.1, 0.15) is 22.3 Å². The molecule has 240 valence electrons. The molecule has 0 radical (unpaired) electrons. The molecule has 0 saturated heterocycles. The van der Waals surface area contributed by atoms with Crippen molar-refractivity contribution in [3.63, 3.8) is 0 Å². The summed E-state index contributed by atoms with van der Waals surface area (Å²) in [5.74, 6) is 0. The summed E-state index contributed by atoms with van der Waals surface area (Å²) in [6.07, 6.45) is 0. The van der Waals surface area contributed by atoms with E-state index in [9.17, 15) is 0 Å². The van der Waals surface area contributed by atoms with Gasteiger partial charge in [-0.05, 0) is 94.0 Å². The molecule has 1 aliphatic rings. The van der Waals surface area contributed by atoms with Crippen molar-refractivity contribution in [3.8, 4) is 16.8 Å². The molecule has 2 heteroatoms. The van der Waals surface area contributed by atoms with E-state index in [0.29, 0.717) is 0 Å². The summed E-state index contributed by atoms with van der Waals surface area (Å²) in [6, 6.07) is 75.2. The highest BCUT2D eigenvalue weighted by Gasteiger charge is 2.46. The molecule has 1 aliphatic carbocycles. The molecule has 0 aliphatic heterocycles. The van der Waals surface area contributed by atoms with Crippen LogP contribution in [0.25, 0.3) is 38.6 Å². The topological polar surface area (TPSA) is 8.17 Å². The summed E-state index contributed by atoms with van der Waals surface area (Å²) in [7, 11) is 0. The van der Waals surface area contributed by atoms with Crippen LogP contribution in [0.5, 0.6) is 0 Å². The van der Waals surface area contributed by atoms with E-state index >= 15 is 0 Å². The number of nitrogens with zero attached hydrogens (tertiary/aromatic N) is 2. The van der Waals surface area contributed by atoms with Gasteiger partial charge in [-0.2, -0.15) is 0 Å². The maximum absolute atomic E-state index is 2.43. The van der Waals surface area contributed by atoms with E-state index in [1.165, 1.54) is 55.2 Å². The standard InChI is InChI=1S/C49H34N2/c1-4-16-35(17-5-1)49(36-18-6-2-7-19-36)45-25-13-10-22-41(45)42-33-32-40(34-46(42)49)50(37-20-8-3-9-21-37)38-28-30-39(31-29-38)51-47-26-14-11-23-43(47)44-24-12-15-27-48(44)51/h1-34H. The van der Waals surface area contributed by atoms with Crippen LogP contribution in [-0.2, 0) is 5.41 Å². The first-order valence-corrected chi connectivity index (χ1v) is 17.6. The fraction of sp³-hybridized carbons (Fsp3) is 0.0204. The second kappa shape index (κ2) is 11.8. The van der Waals surface area contributed by atoms with Gasteiger partial charge in [0.05, 0.1) is 16.4 Å². The molecule has 0 bridgehead atoms. The zero-order valence-corrected chi connectivity index (χ0v) is 28.0. The first-order chi connectivity index (χ1) is 25.3. The van der Waals surface area contributed by atoms with Gasteiger partial charge in [0.25, 0.3) is 0 Å². The Kier molecular flexibility index (Phi) is 6.75. The largest absolute Gasteiger partial charge is 0.310 e. The van der Waals surface area contributed by atoms with Crippen LogP contribution in [0.4, 0.5) is 17.1 Å². The second-order valence-electron chi connectivity index (χ2n) is 13.3. The van der Waals surface area contributed by atoms with E-state index in [2.05, 4.69) is 216 Å². The van der Waals surface area contributed by atoms with E-state index in [1.54, 1.807) is 0 Å². The molecule has 0 unspecified atom stereocenters. The SMILES string of the molecule is c1ccc(N(c2ccc(-n3c4ccccc4c4ccccc43)cc2)c2ccc3c(c2)C(c2ccccc2)(c2ccccc2)c2ccccc2-3)cc1. The van der Waals surface area contributed by atoms with Gasteiger partial charge in [-0.3, -0.25) is 0 Å². The first-order valence-electron chi connectivity index (χ1n) is 17.6. The highest BCUT2D eigenvalue weighted by Crippen LogP contribution is 2.57. The van der Waals surface area contributed by atoms with Gasteiger partial charge >= 0.3 is 0 Å². The monoisotopic (exact) mass is 650 g/mol. The third-order valence-electron chi connectivity index (χ3n) is 10.7. The summed E-state index contributed by atoms with van der Waals surface area (Å²) in [4.78, 5) is 2.39. The molecule has 1 heterocycles. The van der Waals surface area contributed by atoms with Crippen molar-refractivity contribution in [3.05, 3.63) is 229 Å². The van der Waals surface area contributed by atoms with Crippen molar-refractivity contribution in [2.75, 3.05) is 4.90 Å². The van der Waals surface area contributed by atoms with Gasteiger partial charge in [0.15, 0.2) is 0 Å². The lowest BCUT2D eigenvalue weighted by atomic mass is 9.67. The highest BCUT2D eigenvalue weighted by molar-refractivity contribution is 6.09. The number of rotatable bonds is 6. The molecule has 1 aromatic heterocycles. The fourth-order valence-electron chi connectivity index (χ4n) is 8.55. The number of aromatic nitrogens is 1. The molecule has 8 aromatic carbocycles. The quantitative estimate of drug-likeness (QED) is 0.174. The number of anilines is 3. The second-order valence-corrected chi connectivity index (χ2v) is 13.3. The van der Waals surface area contributed by atoms with Gasteiger partial charge in [0, 0.05) is 33.5 Å². The van der Waals surface area contributed by atoms with Crippen LogP contribution in [0, 0.1) is 0 Å². The number of para-hydroxylation sites is 3. The van der Waals surface area contributed by atoms with E-state index in [4.69, 9.17) is 0 Å². The Bertz CT molecular complexity index is 2580. The van der Waals surface area contributed by atoms with Crippen LogP contribution < -0.4 is 4.90 Å². The van der Waals surface area contributed by atoms with E-state index in [0.717, 1.165) is 22.7 Å². The Balaban J connectivity index is 1.18. The summed E-state index contributed by atoms with van der Waals surface area (Å²) in [5, 5.41) is 2.53. The molecule has 0 spiro atoms. The average Bonchev–Trinajstić information content (AvgIpc) is 3.70. The van der Waals surface area contributed by atoms with Crippen molar-refractivity contribution >= 4 is 38.9 Å². The van der Waals surface area contributed by atoms with Gasteiger partial charge in [-0.25, -0.2) is 0 Å². The fourth-order valence-corrected chi connectivity index (χ4v) is 8.55. The van der Waals surface area contributed by atoms with E-state index < -0.39 is 5.41 Å². The van der Waals surface area contributed by atoms with Crippen molar-refractivity contribution < 1.29 is 0 Å². The minimum absolute atomic E-state index is 0.465. The Morgan fingerprint density at radius 3 is 1.45 bits per heavy atom. The third-order valence-corrected chi connectivity index (χ3v) is 10.7. The molecule has 51 heavy (non-hydrogen) atoms. The number of fused-ring (bicyclic) bond motifs is 6. The molecule has 9 aromatic rings. The summed E-state index contributed by atoms with van der Waals surface area (Å²) < 4.78 is 2.38. The summed E-state index contributed by atoms with van der Waals surface area (Å²) >= 11 is 0. The van der Waals surface area contributed by atoms with Crippen molar-refractivity contribution in [2.24, 2.45) is 0 Å². The minimum atomic E-state index is -0.465. The maximum Gasteiger partial charge on any atom is 0.0714 e. The normalized spacial score (nSPS) is 12.9. The van der Waals surface area contributed by atoms with Crippen molar-refractivity contribution in [1.82, 2.24) is 4.57 Å². The van der Waals surface area contributed by atoms with Crippen LogP contribution in [0.15, 0.2) is 206 Å². The van der Waals surface area contributed by atoms with Gasteiger partial charge in [-0.15, -0.1) is 0 Å². The van der Waals surface area contributed by atoms with Gasteiger partial charge in [0.2, 0.25) is 0 Å². The molecule has 0 fully saturated rings. The van der Waals surface area contributed by atoms with Crippen LogP contribution in [-0.4, -0.2) is 4.57 Å². The predicted octanol–water partition coefficient (Wildman–Crippen LogP) is 12.6. The molecular weight excluding hydrogens is 617 g/mol. The Labute approximate surface area is 298 Å². The van der Waals surface area contributed by atoms with Gasteiger partial charge < -0.3 is 9.47 Å². The summed E-state index contributed by atoms with van der Waals surface area (Å²) in [6.45, 7) is 0.